The van der Waals surface area contributed by atoms with Crippen molar-refractivity contribution in [2.75, 3.05) is 26.2 Å². The van der Waals surface area contributed by atoms with Gasteiger partial charge in [-0.05, 0) is 38.0 Å². The molecule has 6 rings (SSSR count). The summed E-state index contributed by atoms with van der Waals surface area (Å²) in [5.41, 5.74) is -0.644. The van der Waals surface area contributed by atoms with Gasteiger partial charge in [0.05, 0.1) is 17.8 Å². The number of amides is 2. The molecular formula is C21H23F6N7O. The van der Waals surface area contributed by atoms with Crippen LogP contribution < -0.4 is 0 Å². The molecule has 2 aliphatic heterocycles. The van der Waals surface area contributed by atoms with E-state index in [9.17, 15) is 31.1 Å². The number of H-pyrrole nitrogens is 1. The highest BCUT2D eigenvalue weighted by atomic mass is 19.4. The Balaban J connectivity index is 0.939. The zero-order chi connectivity index (χ0) is 24.8. The number of nitrogens with zero attached hydrogens (tertiary/aromatic N) is 6. The van der Waals surface area contributed by atoms with Crippen molar-refractivity contribution in [1.82, 2.24) is 34.8 Å². The highest BCUT2D eigenvalue weighted by Gasteiger charge is 2.59. The van der Waals surface area contributed by atoms with Gasteiger partial charge in [0.1, 0.15) is 6.33 Å². The first-order chi connectivity index (χ1) is 16.3. The summed E-state index contributed by atoms with van der Waals surface area (Å²) in [7, 11) is 0. The normalized spacial score (nSPS) is 23.7. The SMILES string of the molecule is O=C(N1CC2(CC(Cc3[nH]ncc3C(F)(F)F)C2)C1)N1CC2(CC(n3cnc(C(F)(F)F)n3)C2)C1. The number of hydrogen-bond acceptors (Lipinski definition) is 4. The molecule has 1 N–H and O–H groups in total. The Hall–Kier alpha value is -2.80. The summed E-state index contributed by atoms with van der Waals surface area (Å²) in [4.78, 5) is 19.7. The van der Waals surface area contributed by atoms with Crippen molar-refractivity contribution in [2.24, 2.45) is 16.7 Å². The third-order valence-corrected chi connectivity index (χ3v) is 8.08. The van der Waals surface area contributed by atoms with Gasteiger partial charge >= 0.3 is 18.4 Å². The molecule has 4 aliphatic rings. The molecule has 35 heavy (non-hydrogen) atoms. The maximum Gasteiger partial charge on any atom is 0.453 e. The van der Waals surface area contributed by atoms with Crippen LogP contribution >= 0.6 is 0 Å². The third-order valence-electron chi connectivity index (χ3n) is 8.08. The summed E-state index contributed by atoms with van der Waals surface area (Å²) in [6.45, 7) is 2.39. The minimum Gasteiger partial charge on any atom is -0.323 e. The van der Waals surface area contributed by atoms with Crippen molar-refractivity contribution in [3.05, 3.63) is 29.6 Å². The Morgan fingerprint density at radius 2 is 1.57 bits per heavy atom. The summed E-state index contributed by atoms with van der Waals surface area (Å²) in [6.07, 6.45) is -3.84. The summed E-state index contributed by atoms with van der Waals surface area (Å²) < 4.78 is 78.4. The second-order valence-electron chi connectivity index (χ2n) is 10.8. The molecule has 4 fully saturated rings. The molecule has 190 valence electrons. The van der Waals surface area contributed by atoms with Gasteiger partial charge in [0.2, 0.25) is 0 Å². The lowest BCUT2D eigenvalue weighted by atomic mass is 9.56. The maximum atomic E-state index is 13.0. The van der Waals surface area contributed by atoms with Crippen molar-refractivity contribution in [3.63, 3.8) is 0 Å². The van der Waals surface area contributed by atoms with Crippen LogP contribution in [0.25, 0.3) is 0 Å². The number of carbonyl (C=O) groups excluding carboxylic acids is 1. The molecule has 0 radical (unpaired) electrons. The molecule has 14 heteroatoms. The lowest BCUT2D eigenvalue weighted by Crippen LogP contribution is -2.71. The van der Waals surface area contributed by atoms with Crippen molar-refractivity contribution in [3.8, 4) is 0 Å². The van der Waals surface area contributed by atoms with Crippen molar-refractivity contribution in [2.45, 2.75) is 50.5 Å². The summed E-state index contributed by atoms with van der Waals surface area (Å²) in [6, 6.07) is -0.177. The molecule has 2 aromatic rings. The van der Waals surface area contributed by atoms with E-state index in [1.165, 1.54) is 4.68 Å². The van der Waals surface area contributed by atoms with Gasteiger partial charge < -0.3 is 9.80 Å². The highest BCUT2D eigenvalue weighted by Crippen LogP contribution is 2.56. The van der Waals surface area contributed by atoms with Crippen LogP contribution in [-0.2, 0) is 18.8 Å². The van der Waals surface area contributed by atoms with E-state index in [2.05, 4.69) is 20.3 Å². The topological polar surface area (TPSA) is 82.9 Å². The van der Waals surface area contributed by atoms with Crippen LogP contribution in [0, 0.1) is 16.7 Å². The van der Waals surface area contributed by atoms with Gasteiger partial charge in [0.25, 0.3) is 5.82 Å². The third kappa shape index (κ3) is 3.75. The summed E-state index contributed by atoms with van der Waals surface area (Å²) in [5, 5.41) is 9.55. The predicted molar refractivity (Wildman–Crippen MR) is 107 cm³/mol. The number of carbonyl (C=O) groups is 1. The molecular weight excluding hydrogens is 480 g/mol. The van der Waals surface area contributed by atoms with Crippen LogP contribution in [0.3, 0.4) is 0 Å². The number of likely N-dealkylation sites (tertiary alicyclic amines) is 2. The molecule has 2 saturated carbocycles. The average Bonchev–Trinajstić information content (AvgIpc) is 3.28. The van der Waals surface area contributed by atoms with Gasteiger partial charge in [0, 0.05) is 42.7 Å². The molecule has 0 atom stereocenters. The molecule has 2 aromatic heterocycles. The fourth-order valence-corrected chi connectivity index (χ4v) is 6.53. The number of rotatable bonds is 3. The minimum atomic E-state index is -4.56. The van der Waals surface area contributed by atoms with E-state index in [-0.39, 0.29) is 34.5 Å². The van der Waals surface area contributed by atoms with Crippen LogP contribution in [0.2, 0.25) is 0 Å². The fraction of sp³-hybridized carbons (Fsp3) is 0.714. The van der Waals surface area contributed by atoms with E-state index in [1.807, 2.05) is 0 Å². The largest absolute Gasteiger partial charge is 0.453 e. The fourth-order valence-electron chi connectivity index (χ4n) is 6.53. The molecule has 0 unspecified atom stereocenters. The first kappa shape index (κ1) is 22.7. The van der Waals surface area contributed by atoms with Crippen LogP contribution in [0.15, 0.2) is 12.5 Å². The molecule has 2 aliphatic carbocycles. The lowest BCUT2D eigenvalue weighted by molar-refractivity contribution is -0.145. The number of nitrogens with one attached hydrogen (secondary N) is 1. The first-order valence-electron chi connectivity index (χ1n) is 11.5. The number of halogens is 6. The van der Waals surface area contributed by atoms with Gasteiger partial charge in [-0.2, -0.15) is 31.4 Å². The van der Waals surface area contributed by atoms with Gasteiger partial charge in [-0.25, -0.2) is 14.5 Å². The van der Waals surface area contributed by atoms with Crippen LogP contribution in [0.1, 0.15) is 48.8 Å². The maximum absolute atomic E-state index is 13.0. The van der Waals surface area contributed by atoms with E-state index in [0.717, 1.165) is 25.4 Å². The smallest absolute Gasteiger partial charge is 0.323 e. The highest BCUT2D eigenvalue weighted by molar-refractivity contribution is 5.77. The molecule has 4 heterocycles. The zero-order valence-electron chi connectivity index (χ0n) is 18.5. The summed E-state index contributed by atoms with van der Waals surface area (Å²) >= 11 is 0. The first-order valence-corrected chi connectivity index (χ1v) is 11.5. The zero-order valence-corrected chi connectivity index (χ0v) is 18.5. The number of hydrogen-bond donors (Lipinski definition) is 1. The molecule has 8 nitrogen and oxygen atoms in total. The number of aromatic nitrogens is 5. The number of urea groups is 1. The van der Waals surface area contributed by atoms with E-state index < -0.39 is 23.7 Å². The van der Waals surface area contributed by atoms with Crippen molar-refractivity contribution in [1.29, 1.82) is 0 Å². The second-order valence-corrected chi connectivity index (χ2v) is 10.8. The Bertz CT molecular complexity index is 1130. The Morgan fingerprint density at radius 1 is 0.971 bits per heavy atom. The van der Waals surface area contributed by atoms with Gasteiger partial charge in [-0.3, -0.25) is 5.10 Å². The minimum absolute atomic E-state index is 0.00610. The van der Waals surface area contributed by atoms with Crippen molar-refractivity contribution >= 4 is 6.03 Å². The standard InChI is InChI=1S/C21H23F6N7O/c22-20(23,24)14-6-29-30-15(14)1-12-2-18(3-12)7-32(8-18)17(35)33-9-19(10-33)4-13(5-19)34-11-28-16(31-34)21(25,26)27/h6,11-13H,1-5,7-10H2,(H,29,30). The van der Waals surface area contributed by atoms with E-state index >= 15 is 0 Å². The van der Waals surface area contributed by atoms with Crippen LogP contribution in [0.5, 0.6) is 0 Å². The van der Waals surface area contributed by atoms with E-state index in [1.54, 1.807) is 9.80 Å². The number of alkyl halides is 6. The molecule has 0 aromatic carbocycles. The molecule has 0 bridgehead atoms. The van der Waals surface area contributed by atoms with Gasteiger partial charge in [-0.15, -0.1) is 5.10 Å². The van der Waals surface area contributed by atoms with Crippen LogP contribution in [-0.4, -0.2) is 67.0 Å². The van der Waals surface area contributed by atoms with E-state index in [4.69, 9.17) is 0 Å². The number of aromatic amines is 1. The Kier molecular flexibility index (Phi) is 4.61. The van der Waals surface area contributed by atoms with Gasteiger partial charge in [-0.1, -0.05) is 0 Å². The quantitative estimate of drug-likeness (QED) is 0.647. The van der Waals surface area contributed by atoms with Gasteiger partial charge in [0.15, 0.2) is 0 Å². The molecule has 2 spiro atoms. The van der Waals surface area contributed by atoms with Crippen molar-refractivity contribution < 1.29 is 31.1 Å². The predicted octanol–water partition coefficient (Wildman–Crippen LogP) is 3.75. The average molecular weight is 503 g/mol. The van der Waals surface area contributed by atoms with E-state index in [0.29, 0.717) is 45.4 Å². The Labute approximate surface area is 195 Å². The monoisotopic (exact) mass is 503 g/mol. The lowest BCUT2D eigenvalue weighted by Gasteiger charge is -2.63. The molecule has 2 amide bonds. The second kappa shape index (κ2) is 7.12. The molecule has 2 saturated heterocycles. The Morgan fingerprint density at radius 3 is 2.11 bits per heavy atom. The summed E-state index contributed by atoms with van der Waals surface area (Å²) in [5.74, 6) is -0.998. The van der Waals surface area contributed by atoms with Crippen LogP contribution in [0.4, 0.5) is 31.1 Å².